The number of rotatable bonds is 3. The Hall–Kier alpha value is -3.01. The van der Waals surface area contributed by atoms with Gasteiger partial charge < -0.3 is 14.7 Å². The van der Waals surface area contributed by atoms with Gasteiger partial charge in [-0.2, -0.15) is 4.98 Å². The molecule has 2 heterocycles. The van der Waals surface area contributed by atoms with Crippen molar-refractivity contribution in [3.63, 3.8) is 0 Å². The molecule has 0 aliphatic carbocycles. The van der Waals surface area contributed by atoms with Crippen molar-refractivity contribution < 1.29 is 19.7 Å². The molecule has 10 heteroatoms. The summed E-state index contributed by atoms with van der Waals surface area (Å²) < 4.78 is 5.62. The van der Waals surface area contributed by atoms with E-state index in [-0.39, 0.29) is 17.3 Å². The fourth-order valence-corrected chi connectivity index (χ4v) is 2.64. The van der Waals surface area contributed by atoms with Gasteiger partial charge in [-0.25, -0.2) is 4.98 Å². The second-order valence-corrected chi connectivity index (χ2v) is 5.55. The lowest BCUT2D eigenvalue weighted by Crippen LogP contribution is -1.94. The van der Waals surface area contributed by atoms with Crippen LogP contribution >= 0.6 is 15.9 Å². The predicted octanol–water partition coefficient (Wildman–Crippen LogP) is 3.19. The third-order valence-corrected chi connectivity index (χ3v) is 3.80. The van der Waals surface area contributed by atoms with Crippen LogP contribution in [-0.2, 0) is 0 Å². The van der Waals surface area contributed by atoms with Gasteiger partial charge in [0.2, 0.25) is 11.6 Å². The zero-order valence-corrected chi connectivity index (χ0v) is 13.7. The summed E-state index contributed by atoms with van der Waals surface area (Å²) in [6.45, 7) is 1.82. The van der Waals surface area contributed by atoms with E-state index in [2.05, 4.69) is 31.1 Å². The fraction of sp³-hybridized carbons (Fsp3) is 0.0714. The normalized spacial score (nSPS) is 10.8. The number of halogens is 1. The number of aryl methyl sites for hydroxylation is 1. The molecule has 0 aliphatic heterocycles. The van der Waals surface area contributed by atoms with Crippen molar-refractivity contribution in [2.24, 2.45) is 0 Å². The van der Waals surface area contributed by atoms with Crippen molar-refractivity contribution in [2.45, 2.75) is 6.92 Å². The maximum Gasteiger partial charge on any atom is 0.325 e. The highest BCUT2D eigenvalue weighted by Gasteiger charge is 2.27. The minimum Gasteiger partial charge on any atom is -0.504 e. The Balaban J connectivity index is 2.12. The number of hydrogen-bond donors (Lipinski definition) is 2. The lowest BCUT2D eigenvalue weighted by molar-refractivity contribution is -0.385. The molecule has 2 aromatic heterocycles. The smallest absolute Gasteiger partial charge is 0.325 e. The van der Waals surface area contributed by atoms with Crippen molar-refractivity contribution in [3.05, 3.63) is 44.7 Å². The molecule has 0 unspecified atom stereocenters. The van der Waals surface area contributed by atoms with Gasteiger partial charge in [-0.15, -0.1) is 0 Å². The molecular formula is C14H9BrN4O5. The Bertz CT molecular complexity index is 956. The minimum atomic E-state index is -0.859. The molecule has 2 N–H and O–H groups in total. The molecule has 0 aliphatic rings. The van der Waals surface area contributed by atoms with Crippen LogP contribution in [0.5, 0.6) is 11.5 Å². The van der Waals surface area contributed by atoms with Crippen LogP contribution in [0, 0.1) is 17.0 Å². The Labute approximate surface area is 142 Å². The Morgan fingerprint density at radius 3 is 2.54 bits per heavy atom. The molecule has 0 spiro atoms. The summed E-state index contributed by atoms with van der Waals surface area (Å²) in [5.74, 6) is -1.47. The number of phenolic OH excluding ortho intramolecular Hbond substituents is 2. The molecule has 0 amide bonds. The predicted molar refractivity (Wildman–Crippen MR) is 85.4 cm³/mol. The van der Waals surface area contributed by atoms with Gasteiger partial charge in [-0.3, -0.25) is 10.1 Å². The van der Waals surface area contributed by atoms with E-state index in [1.165, 1.54) is 6.07 Å². The highest BCUT2D eigenvalue weighted by atomic mass is 79.9. The van der Waals surface area contributed by atoms with Gasteiger partial charge in [0.05, 0.1) is 10.5 Å². The Kier molecular flexibility index (Phi) is 3.89. The van der Waals surface area contributed by atoms with Gasteiger partial charge >= 0.3 is 5.69 Å². The third-order valence-electron chi connectivity index (χ3n) is 3.20. The Morgan fingerprint density at radius 1 is 1.17 bits per heavy atom. The molecule has 3 aromatic rings. The van der Waals surface area contributed by atoms with E-state index in [0.29, 0.717) is 10.2 Å². The van der Waals surface area contributed by atoms with Crippen LogP contribution in [0.4, 0.5) is 5.69 Å². The van der Waals surface area contributed by atoms with E-state index in [0.717, 1.165) is 11.8 Å². The van der Waals surface area contributed by atoms with Crippen molar-refractivity contribution in [1.82, 2.24) is 15.1 Å². The van der Waals surface area contributed by atoms with Gasteiger partial charge in [0, 0.05) is 5.69 Å². The number of nitro groups is 1. The molecule has 3 rings (SSSR count). The number of nitrogens with zero attached hydrogens (tertiary/aromatic N) is 4. The second-order valence-electron chi connectivity index (χ2n) is 4.80. The minimum absolute atomic E-state index is 0.0820. The van der Waals surface area contributed by atoms with Crippen molar-refractivity contribution in [3.8, 4) is 34.3 Å². The highest BCUT2D eigenvalue weighted by Crippen LogP contribution is 2.42. The van der Waals surface area contributed by atoms with Crippen LogP contribution in [0.1, 0.15) is 5.69 Å². The summed E-state index contributed by atoms with van der Waals surface area (Å²) in [5, 5.41) is 34.0. The molecule has 9 nitrogen and oxygen atoms in total. The zero-order valence-electron chi connectivity index (χ0n) is 12.1. The average Bonchev–Trinajstić information content (AvgIpc) is 2.98. The van der Waals surface area contributed by atoms with Gasteiger partial charge in [0.15, 0.2) is 5.75 Å². The van der Waals surface area contributed by atoms with Gasteiger partial charge in [-0.1, -0.05) is 5.16 Å². The lowest BCUT2D eigenvalue weighted by Gasteiger charge is -2.02. The monoisotopic (exact) mass is 392 g/mol. The lowest BCUT2D eigenvalue weighted by atomic mass is 10.1. The van der Waals surface area contributed by atoms with E-state index in [4.69, 9.17) is 4.52 Å². The molecule has 0 bridgehead atoms. The summed E-state index contributed by atoms with van der Waals surface area (Å²) in [4.78, 5) is 18.7. The van der Waals surface area contributed by atoms with E-state index < -0.39 is 22.1 Å². The topological polar surface area (TPSA) is 135 Å². The van der Waals surface area contributed by atoms with E-state index >= 15 is 0 Å². The standard InChI is InChI=1S/C14H9BrN4O5/c1-6-2-3-8(12(15)16-6)14-17-13(18-24-14)7-4-5-9(20)11(21)10(7)19(22)23/h2-5,20-21H,1H3. The molecule has 0 fully saturated rings. The van der Waals surface area contributed by atoms with Crippen LogP contribution in [0.3, 0.4) is 0 Å². The first-order valence-corrected chi connectivity index (χ1v) is 7.34. The summed E-state index contributed by atoms with van der Waals surface area (Å²) >= 11 is 3.29. The quantitative estimate of drug-likeness (QED) is 0.300. The number of hydrogen-bond acceptors (Lipinski definition) is 8. The molecule has 0 atom stereocenters. The van der Waals surface area contributed by atoms with Gasteiger partial charge in [0.25, 0.3) is 5.89 Å². The second kappa shape index (κ2) is 5.89. The van der Waals surface area contributed by atoms with Crippen molar-refractivity contribution >= 4 is 21.6 Å². The molecule has 122 valence electrons. The summed E-state index contributed by atoms with van der Waals surface area (Å²) in [5.41, 5.74) is 0.513. The van der Waals surface area contributed by atoms with Crippen LogP contribution in [0.15, 0.2) is 33.4 Å². The number of aromatic hydroxyl groups is 2. The van der Waals surface area contributed by atoms with Crippen molar-refractivity contribution in [1.29, 1.82) is 0 Å². The number of pyridine rings is 1. The number of aromatic nitrogens is 3. The summed E-state index contributed by atoms with van der Waals surface area (Å²) in [6.07, 6.45) is 0. The molecule has 0 radical (unpaired) electrons. The molecule has 0 saturated carbocycles. The first-order valence-electron chi connectivity index (χ1n) is 6.55. The molecule has 24 heavy (non-hydrogen) atoms. The van der Waals surface area contributed by atoms with E-state index in [9.17, 15) is 20.3 Å². The van der Waals surface area contributed by atoms with Crippen LogP contribution in [0.2, 0.25) is 0 Å². The van der Waals surface area contributed by atoms with Crippen LogP contribution in [-0.4, -0.2) is 30.3 Å². The average molecular weight is 393 g/mol. The highest BCUT2D eigenvalue weighted by molar-refractivity contribution is 9.10. The SMILES string of the molecule is Cc1ccc(-c2nc(-c3ccc(O)c(O)c3[N+](=O)[O-])no2)c(Br)n1. The van der Waals surface area contributed by atoms with Crippen LogP contribution in [0.25, 0.3) is 22.8 Å². The summed E-state index contributed by atoms with van der Waals surface area (Å²) in [6, 6.07) is 5.80. The largest absolute Gasteiger partial charge is 0.504 e. The van der Waals surface area contributed by atoms with Crippen molar-refractivity contribution in [2.75, 3.05) is 0 Å². The van der Waals surface area contributed by atoms with Gasteiger partial charge in [0.1, 0.15) is 10.2 Å². The third kappa shape index (κ3) is 2.67. The first-order chi connectivity index (χ1) is 11.4. The summed E-state index contributed by atoms with van der Waals surface area (Å²) in [7, 11) is 0. The van der Waals surface area contributed by atoms with E-state index in [1.54, 1.807) is 12.1 Å². The first kappa shape index (κ1) is 15.9. The number of phenols is 2. The number of benzene rings is 1. The molecule has 1 aromatic carbocycles. The zero-order chi connectivity index (χ0) is 17.4. The number of nitro benzene ring substituents is 1. The maximum absolute atomic E-state index is 11.2. The van der Waals surface area contributed by atoms with Crippen LogP contribution < -0.4 is 0 Å². The molecular weight excluding hydrogens is 384 g/mol. The molecule has 0 saturated heterocycles. The van der Waals surface area contributed by atoms with E-state index in [1.807, 2.05) is 6.92 Å². The fourth-order valence-electron chi connectivity index (χ4n) is 2.06. The maximum atomic E-state index is 11.2. The van der Waals surface area contributed by atoms with Gasteiger partial charge in [-0.05, 0) is 47.1 Å². The Morgan fingerprint density at radius 2 is 1.88 bits per heavy atom.